The number of anilines is 2. The molecule has 3 aliphatic carbocycles. The number of aryl methyl sites for hydroxylation is 1. The number of amides is 2. The van der Waals surface area contributed by atoms with Crippen molar-refractivity contribution < 1.29 is 9.59 Å². The minimum absolute atomic E-state index is 0.203. The van der Waals surface area contributed by atoms with Crippen molar-refractivity contribution in [3.05, 3.63) is 124 Å². The van der Waals surface area contributed by atoms with Crippen molar-refractivity contribution in [1.82, 2.24) is 4.98 Å². The van der Waals surface area contributed by atoms with Gasteiger partial charge in [0.05, 0.1) is 33.2 Å². The molecule has 1 N–H and O–H groups in total. The second-order valence-corrected chi connectivity index (χ2v) is 12.3. The third-order valence-electron chi connectivity index (χ3n) is 8.82. The number of nitrogens with zero attached hydrogens (tertiary/aromatic N) is 3. The van der Waals surface area contributed by atoms with Crippen molar-refractivity contribution in [3.63, 3.8) is 0 Å². The number of para-hydroxylation sites is 1. The summed E-state index contributed by atoms with van der Waals surface area (Å²) in [6, 6.07) is 29.6. The number of hydrogen-bond acceptors (Lipinski definition) is 6. The van der Waals surface area contributed by atoms with Crippen molar-refractivity contribution >= 4 is 62.0 Å². The Labute approximate surface area is 245 Å². The number of rotatable bonds is 4. The van der Waals surface area contributed by atoms with Gasteiger partial charge in [-0.1, -0.05) is 89.7 Å². The topological polar surface area (TPSA) is 74.7 Å². The van der Waals surface area contributed by atoms with Gasteiger partial charge in [-0.3, -0.25) is 15.0 Å². The number of halogens is 1. The molecular formula is C33H23ClN4O2S. The van der Waals surface area contributed by atoms with Crippen molar-refractivity contribution in [1.29, 1.82) is 0 Å². The lowest BCUT2D eigenvalue weighted by atomic mass is 9.47. The summed E-state index contributed by atoms with van der Waals surface area (Å²) in [5, 5.41) is 5.92. The number of carbonyl (C=O) groups excluding carboxylic acids is 2. The number of hydrazone groups is 1. The van der Waals surface area contributed by atoms with Crippen LogP contribution in [-0.4, -0.2) is 23.0 Å². The first kappa shape index (κ1) is 24.5. The minimum Gasteiger partial charge on any atom is -0.274 e. The van der Waals surface area contributed by atoms with Gasteiger partial charge in [0.25, 0.3) is 0 Å². The van der Waals surface area contributed by atoms with Crippen LogP contribution in [0.3, 0.4) is 0 Å². The second-order valence-electron chi connectivity index (χ2n) is 10.8. The average molecular weight is 575 g/mol. The summed E-state index contributed by atoms with van der Waals surface area (Å²) < 4.78 is 1.06. The summed E-state index contributed by atoms with van der Waals surface area (Å²) in [5.74, 6) is -1.90. The predicted molar refractivity (Wildman–Crippen MR) is 163 cm³/mol. The Bertz CT molecular complexity index is 1870. The lowest BCUT2D eigenvalue weighted by Gasteiger charge is -2.52. The molecule has 2 atom stereocenters. The molecule has 4 aliphatic rings. The van der Waals surface area contributed by atoms with Crippen LogP contribution in [0.4, 0.5) is 10.8 Å². The van der Waals surface area contributed by atoms with Gasteiger partial charge in [0.2, 0.25) is 16.9 Å². The Kier molecular flexibility index (Phi) is 5.27. The van der Waals surface area contributed by atoms with Gasteiger partial charge in [-0.2, -0.15) is 5.10 Å². The van der Waals surface area contributed by atoms with E-state index < -0.39 is 17.3 Å². The fourth-order valence-electron chi connectivity index (χ4n) is 7.13. The maximum Gasteiger partial charge on any atom is 0.239 e. The third-order valence-corrected chi connectivity index (χ3v) is 10.2. The van der Waals surface area contributed by atoms with Crippen LogP contribution in [0, 0.1) is 18.8 Å². The number of fused-ring (bicyclic) bond motifs is 1. The van der Waals surface area contributed by atoms with Crippen LogP contribution < -0.4 is 10.3 Å². The summed E-state index contributed by atoms with van der Waals surface area (Å²) in [6.07, 6.45) is 1.83. The van der Waals surface area contributed by atoms with Crippen LogP contribution >= 0.6 is 22.9 Å². The molecule has 2 bridgehead atoms. The van der Waals surface area contributed by atoms with Gasteiger partial charge in [0.1, 0.15) is 0 Å². The second kappa shape index (κ2) is 8.83. The highest BCUT2D eigenvalue weighted by molar-refractivity contribution is 7.22. The van der Waals surface area contributed by atoms with Crippen LogP contribution in [0.2, 0.25) is 5.02 Å². The molecule has 6 nitrogen and oxygen atoms in total. The normalized spacial score (nSPS) is 24.1. The van der Waals surface area contributed by atoms with E-state index in [0.717, 1.165) is 38.0 Å². The number of carbonyl (C=O) groups is 2. The molecule has 0 saturated carbocycles. The van der Waals surface area contributed by atoms with E-state index in [2.05, 4.69) is 34.7 Å². The Morgan fingerprint density at radius 3 is 2.32 bits per heavy atom. The standard InChI is InChI=1S/C33H23ClN4O2S/c1-18-14-15-19(16-24(18)34)38-30(39)28-27-20-8-2-4-10-22(20)33(29(28)31(38)40,23-11-5-3-9-21(23)27)17-35-37-32-36-25-12-6-7-13-26(25)41-32/h2-17,27-29H,1H3,(H,36,37)/b35-17-/t27?,28-,29-,33?/m0/s1. The number of benzene rings is 4. The summed E-state index contributed by atoms with van der Waals surface area (Å²) in [6.45, 7) is 1.90. The Morgan fingerprint density at radius 1 is 0.927 bits per heavy atom. The first-order chi connectivity index (χ1) is 20.0. The number of nitrogens with one attached hydrogen (secondary N) is 1. The predicted octanol–water partition coefficient (Wildman–Crippen LogP) is 6.91. The fourth-order valence-corrected chi connectivity index (χ4v) is 8.12. The van der Waals surface area contributed by atoms with Gasteiger partial charge in [-0.25, -0.2) is 9.88 Å². The number of thiazole rings is 1. The van der Waals surface area contributed by atoms with Gasteiger partial charge < -0.3 is 0 Å². The summed E-state index contributed by atoms with van der Waals surface area (Å²) in [4.78, 5) is 34.8. The molecule has 0 unspecified atom stereocenters. The molecule has 9 rings (SSSR count). The van der Waals surface area contributed by atoms with E-state index in [1.54, 1.807) is 12.1 Å². The Hall–Kier alpha value is -4.33. The zero-order chi connectivity index (χ0) is 27.9. The molecule has 5 aromatic rings. The SMILES string of the molecule is Cc1ccc(N2C(=O)[C@@H]3[C@@H](C2=O)C2c4ccccc4C3(/C=N\Nc3nc4ccccc4s3)c3ccccc32)cc1Cl. The van der Waals surface area contributed by atoms with Gasteiger partial charge in [-0.15, -0.1) is 0 Å². The highest BCUT2D eigenvalue weighted by Crippen LogP contribution is 2.63. The number of hydrogen-bond donors (Lipinski definition) is 1. The van der Waals surface area contributed by atoms with Crippen molar-refractivity contribution in [2.24, 2.45) is 16.9 Å². The van der Waals surface area contributed by atoms with E-state index >= 15 is 0 Å². The average Bonchev–Trinajstić information content (AvgIpc) is 3.53. The van der Waals surface area contributed by atoms with Crippen molar-refractivity contribution in [2.45, 2.75) is 18.3 Å². The molecule has 41 heavy (non-hydrogen) atoms. The summed E-state index contributed by atoms with van der Waals surface area (Å²) in [5.41, 5.74) is 8.58. The van der Waals surface area contributed by atoms with E-state index in [-0.39, 0.29) is 17.7 Å². The van der Waals surface area contributed by atoms with E-state index in [4.69, 9.17) is 16.7 Å². The van der Waals surface area contributed by atoms with Gasteiger partial charge in [0, 0.05) is 17.2 Å². The van der Waals surface area contributed by atoms with Crippen LogP contribution in [-0.2, 0) is 15.0 Å². The molecule has 1 aromatic heterocycles. The molecule has 200 valence electrons. The molecule has 0 radical (unpaired) electrons. The molecule has 8 heteroatoms. The third kappa shape index (κ3) is 3.30. The number of imide groups is 1. The summed E-state index contributed by atoms with van der Waals surface area (Å²) in [7, 11) is 0. The summed E-state index contributed by atoms with van der Waals surface area (Å²) >= 11 is 7.97. The highest BCUT2D eigenvalue weighted by atomic mass is 35.5. The van der Waals surface area contributed by atoms with E-state index in [1.807, 2.05) is 67.7 Å². The van der Waals surface area contributed by atoms with Crippen LogP contribution in [0.5, 0.6) is 0 Å². The maximum absolute atomic E-state index is 14.5. The van der Waals surface area contributed by atoms with Crippen LogP contribution in [0.15, 0.2) is 96.1 Å². The zero-order valence-corrected chi connectivity index (χ0v) is 23.5. The fraction of sp³-hybridized carbons (Fsp3) is 0.152. The number of aromatic nitrogens is 1. The van der Waals surface area contributed by atoms with Gasteiger partial charge in [0.15, 0.2) is 0 Å². The lowest BCUT2D eigenvalue weighted by Crippen LogP contribution is -2.54. The molecule has 2 heterocycles. The molecule has 4 aromatic carbocycles. The quantitative estimate of drug-likeness (QED) is 0.144. The lowest BCUT2D eigenvalue weighted by molar-refractivity contribution is -0.122. The van der Waals surface area contributed by atoms with E-state index in [0.29, 0.717) is 15.8 Å². The van der Waals surface area contributed by atoms with Crippen molar-refractivity contribution in [3.8, 4) is 0 Å². The molecule has 1 saturated heterocycles. The molecule has 0 spiro atoms. The minimum atomic E-state index is -0.952. The van der Waals surface area contributed by atoms with Crippen LogP contribution in [0.25, 0.3) is 10.2 Å². The monoisotopic (exact) mass is 574 g/mol. The molecular weight excluding hydrogens is 552 g/mol. The zero-order valence-electron chi connectivity index (χ0n) is 21.9. The molecule has 1 fully saturated rings. The maximum atomic E-state index is 14.5. The Morgan fingerprint density at radius 2 is 1.61 bits per heavy atom. The smallest absolute Gasteiger partial charge is 0.239 e. The van der Waals surface area contributed by atoms with Crippen molar-refractivity contribution in [2.75, 3.05) is 10.3 Å². The highest BCUT2D eigenvalue weighted by Gasteiger charge is 2.68. The van der Waals surface area contributed by atoms with Gasteiger partial charge in [-0.05, 0) is 59.0 Å². The molecule has 2 amide bonds. The molecule has 1 aliphatic heterocycles. The first-order valence-corrected chi connectivity index (χ1v) is 14.7. The largest absolute Gasteiger partial charge is 0.274 e. The Balaban J connectivity index is 1.32. The van der Waals surface area contributed by atoms with E-state index in [9.17, 15) is 9.59 Å². The van der Waals surface area contributed by atoms with Gasteiger partial charge >= 0.3 is 0 Å². The van der Waals surface area contributed by atoms with Crippen LogP contribution in [0.1, 0.15) is 33.7 Å². The van der Waals surface area contributed by atoms with E-state index in [1.165, 1.54) is 16.2 Å². The first-order valence-electron chi connectivity index (χ1n) is 13.5.